The Kier molecular flexibility index (Phi) is 14.2. The topological polar surface area (TPSA) is 287 Å². The quantitative estimate of drug-likeness (QED) is 0.103. The lowest BCUT2D eigenvalue weighted by Crippen LogP contribution is -2.63. The number of rotatable bonds is 12. The van der Waals surface area contributed by atoms with Gasteiger partial charge in [0.2, 0.25) is 0 Å². The Labute approximate surface area is 363 Å². The molecule has 0 amide bonds. The fraction of sp³-hybridized carbons (Fsp3) is 1.00. The van der Waals surface area contributed by atoms with E-state index in [4.69, 9.17) is 33.2 Å². The van der Waals surface area contributed by atoms with Crippen LogP contribution in [0.5, 0.6) is 0 Å². The molecular weight excluding hydrogens is 816 g/mol. The molecule has 18 nitrogen and oxygen atoms in total. The molecule has 0 spiro atoms. The summed E-state index contributed by atoms with van der Waals surface area (Å²) in [5, 5.41) is 115. The fourth-order valence-corrected chi connectivity index (χ4v) is 13.9. The molecule has 0 unspecified atom stereocenters. The zero-order chi connectivity index (χ0) is 44.6. The molecule has 0 aromatic carbocycles. The summed E-state index contributed by atoms with van der Waals surface area (Å²) < 4.78 is 41.4. The fourth-order valence-electron chi connectivity index (χ4n) is 13.9. The summed E-state index contributed by atoms with van der Waals surface area (Å²) in [6.07, 6.45) is -10.9. The Balaban J connectivity index is 0.835. The molecule has 0 aromatic rings. The molecule has 4 saturated carbocycles. The Morgan fingerprint density at radius 2 is 1.37 bits per heavy atom. The predicted molar refractivity (Wildman–Crippen MR) is 213 cm³/mol. The first-order chi connectivity index (χ1) is 29.3. The molecule has 0 bridgehead atoms. The number of hydrogen-bond acceptors (Lipinski definition) is 18. The Morgan fingerprint density at radius 3 is 2.10 bits per heavy atom. The molecule has 0 radical (unpaired) electrons. The van der Waals surface area contributed by atoms with Gasteiger partial charge in [0.25, 0.3) is 0 Å². The van der Waals surface area contributed by atoms with Crippen molar-refractivity contribution < 1.29 is 89.3 Å². The molecule has 18 heteroatoms. The van der Waals surface area contributed by atoms with Gasteiger partial charge >= 0.3 is 0 Å². The van der Waals surface area contributed by atoms with Crippen molar-refractivity contribution in [2.75, 3.05) is 26.4 Å². The number of ether oxygens (including phenoxy) is 7. The highest BCUT2D eigenvalue weighted by Gasteiger charge is 2.68. The third kappa shape index (κ3) is 8.35. The van der Waals surface area contributed by atoms with Crippen molar-refractivity contribution >= 4 is 0 Å². The Morgan fingerprint density at radius 1 is 0.694 bits per heavy atom. The van der Waals surface area contributed by atoms with Crippen LogP contribution in [0.3, 0.4) is 0 Å². The van der Waals surface area contributed by atoms with E-state index in [2.05, 4.69) is 20.8 Å². The van der Waals surface area contributed by atoms with Gasteiger partial charge in [0, 0.05) is 12.3 Å². The van der Waals surface area contributed by atoms with E-state index in [1.807, 2.05) is 6.92 Å². The summed E-state index contributed by atoms with van der Waals surface area (Å²) >= 11 is 0. The van der Waals surface area contributed by atoms with E-state index < -0.39 is 105 Å². The molecule has 8 aliphatic rings. The van der Waals surface area contributed by atoms with Crippen molar-refractivity contribution in [1.82, 2.24) is 0 Å². The van der Waals surface area contributed by atoms with Crippen molar-refractivity contribution in [3.63, 3.8) is 0 Å². The first-order valence-electron chi connectivity index (χ1n) is 23.3. The van der Waals surface area contributed by atoms with Gasteiger partial charge in [-0.1, -0.05) is 27.7 Å². The number of fused-ring (bicyclic) bond motifs is 7. The number of hydrogen-bond donors (Lipinski definition) is 11. The second-order valence-electron chi connectivity index (χ2n) is 21.0. The van der Waals surface area contributed by atoms with Gasteiger partial charge in [-0.25, -0.2) is 0 Å². The standard InChI is InChI=1S/C44H74O18/c1-19(17-56-39-36(53)33(50)32(49)28(15-45)59-39)7-12-44(55)20(2)30-27(62-44)14-25-23-6-5-21-13-22(8-10-42(21,3)24(23)9-11-43(25,30)4)58-41-37(54)34(51)38(29(16-46)60-41)61-40-35(52)31(48)26(47)18-57-40/h19-41,45-55H,5-18H2,1-4H3/t19-,20-,21+,22-,23+,24-,25-,26+,27-,28+,29+,30-,31-,32+,33-,34+,35+,36+,37+,38+,39+,40-,41+,42-,43-,44+/m0/s1. The molecule has 4 aliphatic heterocycles. The van der Waals surface area contributed by atoms with Crippen molar-refractivity contribution in [2.24, 2.45) is 52.3 Å². The lowest BCUT2D eigenvalue weighted by atomic mass is 9.44. The van der Waals surface area contributed by atoms with Crippen LogP contribution in [0.4, 0.5) is 0 Å². The highest BCUT2D eigenvalue weighted by molar-refractivity contribution is 5.15. The third-order valence-corrected chi connectivity index (χ3v) is 17.6. The molecule has 8 rings (SSSR count). The van der Waals surface area contributed by atoms with Crippen molar-refractivity contribution in [2.45, 2.75) is 196 Å². The zero-order valence-electron chi connectivity index (χ0n) is 36.5. The maximum absolute atomic E-state index is 12.0. The van der Waals surface area contributed by atoms with E-state index in [1.165, 1.54) is 0 Å². The highest BCUT2D eigenvalue weighted by atomic mass is 16.7. The van der Waals surface area contributed by atoms with Crippen LogP contribution in [0.2, 0.25) is 0 Å². The van der Waals surface area contributed by atoms with E-state index in [9.17, 15) is 56.2 Å². The van der Waals surface area contributed by atoms with Gasteiger partial charge in [0.15, 0.2) is 24.7 Å². The zero-order valence-corrected chi connectivity index (χ0v) is 36.5. The molecule has 62 heavy (non-hydrogen) atoms. The van der Waals surface area contributed by atoms with Crippen LogP contribution < -0.4 is 0 Å². The largest absolute Gasteiger partial charge is 0.394 e. The smallest absolute Gasteiger partial charge is 0.186 e. The van der Waals surface area contributed by atoms with Crippen LogP contribution in [0.25, 0.3) is 0 Å². The van der Waals surface area contributed by atoms with Gasteiger partial charge < -0.3 is 89.3 Å². The maximum Gasteiger partial charge on any atom is 0.186 e. The van der Waals surface area contributed by atoms with Crippen molar-refractivity contribution in [3.05, 3.63) is 0 Å². The lowest BCUT2D eigenvalue weighted by molar-refractivity contribution is -0.354. The SMILES string of the molecule is C[C@@H](CC[C@@]1(O)O[C@H]2C[C@H]3[C@@H]4CC[C@@H]5C[C@@H](O[C@@H]6O[C@H](CO)[C@@H](O[C@@H]7OC[C@@H](O)[C@H](O)[C@H]7O)[C@H](O)[C@H]6O)CC[C@]5(C)[C@H]4CC[C@]3(C)[C@H]2[C@@H]1C)CO[C@@H]1O[C@H](CO)[C@@H](O)[C@H](O)[C@H]1O. The predicted octanol–water partition coefficient (Wildman–Crippen LogP) is -1.14. The van der Waals surface area contributed by atoms with Gasteiger partial charge in [0.1, 0.15) is 67.1 Å². The summed E-state index contributed by atoms with van der Waals surface area (Å²) in [6, 6.07) is 0. The Hall–Kier alpha value is -0.720. The monoisotopic (exact) mass is 890 g/mol. The molecule has 4 aliphatic carbocycles. The molecule has 0 aromatic heterocycles. The molecule has 26 atom stereocenters. The van der Waals surface area contributed by atoms with E-state index in [0.717, 1.165) is 51.4 Å². The first-order valence-corrected chi connectivity index (χ1v) is 23.3. The van der Waals surface area contributed by atoms with E-state index in [1.54, 1.807) is 0 Å². The highest BCUT2D eigenvalue weighted by Crippen LogP contribution is 2.71. The molecule has 4 saturated heterocycles. The summed E-state index contributed by atoms with van der Waals surface area (Å²) in [6.45, 7) is 7.74. The first kappa shape index (κ1) is 47.8. The van der Waals surface area contributed by atoms with E-state index >= 15 is 0 Å². The number of aliphatic hydroxyl groups excluding tert-OH is 10. The van der Waals surface area contributed by atoms with Crippen LogP contribution >= 0.6 is 0 Å². The minimum Gasteiger partial charge on any atom is -0.394 e. The van der Waals surface area contributed by atoms with Gasteiger partial charge in [-0.05, 0) is 104 Å². The van der Waals surface area contributed by atoms with Crippen LogP contribution in [0, 0.1) is 52.3 Å². The molecular formula is C44H74O18. The Bertz CT molecular complexity index is 1510. The molecule has 11 N–H and O–H groups in total. The van der Waals surface area contributed by atoms with Crippen molar-refractivity contribution in [1.29, 1.82) is 0 Å². The van der Waals surface area contributed by atoms with Gasteiger partial charge in [-0.3, -0.25) is 0 Å². The molecule has 8 fully saturated rings. The van der Waals surface area contributed by atoms with Crippen LogP contribution in [-0.4, -0.2) is 187 Å². The number of aliphatic hydroxyl groups is 11. The summed E-state index contributed by atoms with van der Waals surface area (Å²) in [7, 11) is 0. The van der Waals surface area contributed by atoms with E-state index in [-0.39, 0.29) is 54.0 Å². The van der Waals surface area contributed by atoms with Crippen LogP contribution in [0.15, 0.2) is 0 Å². The van der Waals surface area contributed by atoms with E-state index in [0.29, 0.717) is 36.5 Å². The van der Waals surface area contributed by atoms with Gasteiger partial charge in [0.05, 0.1) is 38.6 Å². The summed E-state index contributed by atoms with van der Waals surface area (Å²) in [5.41, 5.74) is 0.124. The summed E-state index contributed by atoms with van der Waals surface area (Å²) in [5.74, 6) is 0.766. The molecule has 358 valence electrons. The van der Waals surface area contributed by atoms with Crippen LogP contribution in [-0.2, 0) is 33.2 Å². The van der Waals surface area contributed by atoms with Crippen molar-refractivity contribution in [3.8, 4) is 0 Å². The lowest BCUT2D eigenvalue weighted by Gasteiger charge is -2.61. The second-order valence-corrected chi connectivity index (χ2v) is 21.0. The average Bonchev–Trinajstić information content (AvgIpc) is 3.69. The van der Waals surface area contributed by atoms with Gasteiger partial charge in [-0.2, -0.15) is 0 Å². The average molecular weight is 891 g/mol. The second kappa shape index (κ2) is 18.4. The molecule has 4 heterocycles. The minimum atomic E-state index is -1.62. The normalized spacial score (nSPS) is 55.8. The van der Waals surface area contributed by atoms with Crippen LogP contribution in [0.1, 0.15) is 91.9 Å². The van der Waals surface area contributed by atoms with Gasteiger partial charge in [-0.15, -0.1) is 0 Å². The minimum absolute atomic E-state index is 0.0272. The maximum atomic E-state index is 12.0. The summed E-state index contributed by atoms with van der Waals surface area (Å²) in [4.78, 5) is 0. The third-order valence-electron chi connectivity index (χ3n) is 17.6.